The highest BCUT2D eigenvalue weighted by Gasteiger charge is 2.25. The third-order valence-electron chi connectivity index (χ3n) is 1.55. The smallest absolute Gasteiger partial charge is 0.180 e. The molecule has 3 nitrogen and oxygen atoms in total. The van der Waals surface area contributed by atoms with Crippen LogP contribution in [0.25, 0.3) is 0 Å². The predicted molar refractivity (Wildman–Crippen MR) is 36.5 cm³/mol. The van der Waals surface area contributed by atoms with Crippen LogP contribution in [0.1, 0.15) is 19.8 Å². The summed E-state index contributed by atoms with van der Waals surface area (Å²) < 4.78 is 9.61. The van der Waals surface area contributed by atoms with Crippen LogP contribution in [0.2, 0.25) is 0 Å². The Morgan fingerprint density at radius 1 is 1.60 bits per heavy atom. The molecule has 3 atom stereocenters. The van der Waals surface area contributed by atoms with Gasteiger partial charge in [0, 0.05) is 6.42 Å². The number of rotatable bonds is 1. The third kappa shape index (κ3) is 2.09. The molecule has 0 bridgehead atoms. The summed E-state index contributed by atoms with van der Waals surface area (Å²) in [5.41, 5.74) is 0. The summed E-state index contributed by atoms with van der Waals surface area (Å²) in [6, 6.07) is 0. The van der Waals surface area contributed by atoms with Crippen molar-refractivity contribution in [2.75, 3.05) is 0 Å². The van der Waals surface area contributed by atoms with E-state index in [0.29, 0.717) is 12.8 Å². The van der Waals surface area contributed by atoms with Crippen molar-refractivity contribution >= 4 is 11.9 Å². The Balaban J connectivity index is 2.35. The van der Waals surface area contributed by atoms with Gasteiger partial charge in [-0.2, -0.15) is 0 Å². The van der Waals surface area contributed by atoms with Gasteiger partial charge in [0.25, 0.3) is 0 Å². The van der Waals surface area contributed by atoms with Crippen LogP contribution in [0.5, 0.6) is 0 Å². The van der Waals surface area contributed by atoms with Crippen molar-refractivity contribution in [3.05, 3.63) is 0 Å². The normalized spacial score (nSPS) is 41.7. The predicted octanol–water partition coefficient (Wildman–Crippen LogP) is 1.04. The summed E-state index contributed by atoms with van der Waals surface area (Å²) in [5, 5.41) is 9.16. The van der Waals surface area contributed by atoms with Crippen LogP contribution in [0, 0.1) is 0 Å². The molecule has 0 saturated carbocycles. The summed E-state index contributed by atoms with van der Waals surface area (Å²) >= 11 is 5.07. The van der Waals surface area contributed by atoms with Crippen LogP contribution >= 0.6 is 11.9 Å². The lowest BCUT2D eigenvalue weighted by molar-refractivity contribution is -0.168. The van der Waals surface area contributed by atoms with Gasteiger partial charge in [-0.05, 0) is 13.3 Å². The molecule has 1 heterocycles. The molecule has 0 spiro atoms. The Labute approximate surface area is 65.1 Å². The lowest BCUT2D eigenvalue weighted by atomic mass is 10.1. The van der Waals surface area contributed by atoms with Crippen LogP contribution < -0.4 is 0 Å². The largest absolute Gasteiger partial charge is 0.393 e. The molecule has 1 unspecified atom stereocenters. The molecule has 1 aliphatic rings. The van der Waals surface area contributed by atoms with E-state index in [2.05, 4.69) is 4.29 Å². The van der Waals surface area contributed by atoms with Gasteiger partial charge >= 0.3 is 0 Å². The average molecular weight is 167 g/mol. The van der Waals surface area contributed by atoms with E-state index in [4.69, 9.17) is 21.7 Å². The van der Waals surface area contributed by atoms with Crippen LogP contribution in [0.15, 0.2) is 0 Å². The van der Waals surface area contributed by atoms with E-state index in [1.54, 1.807) is 0 Å². The van der Waals surface area contributed by atoms with Crippen molar-refractivity contribution < 1.29 is 14.1 Å². The van der Waals surface area contributed by atoms with Gasteiger partial charge in [-0.1, -0.05) is 0 Å². The second kappa shape index (κ2) is 3.53. The number of halogens is 1. The van der Waals surface area contributed by atoms with E-state index in [1.807, 2.05) is 6.92 Å². The number of aliphatic hydroxyl groups excluding tert-OH is 1. The minimum atomic E-state index is -0.444. The van der Waals surface area contributed by atoms with Crippen molar-refractivity contribution in [2.24, 2.45) is 0 Å². The summed E-state index contributed by atoms with van der Waals surface area (Å²) in [6.45, 7) is 1.88. The number of hydrogen-bond acceptors (Lipinski definition) is 3. The fourth-order valence-corrected chi connectivity index (χ4v) is 1.24. The first-order valence-electron chi connectivity index (χ1n) is 3.33. The van der Waals surface area contributed by atoms with Crippen LogP contribution in [0.4, 0.5) is 0 Å². The Morgan fingerprint density at radius 3 is 2.80 bits per heavy atom. The summed E-state index contributed by atoms with van der Waals surface area (Å²) in [4.78, 5) is 0. The molecule has 0 aromatic rings. The van der Waals surface area contributed by atoms with Crippen LogP contribution in [-0.2, 0) is 9.03 Å². The molecule has 4 heteroatoms. The van der Waals surface area contributed by atoms with Crippen LogP contribution in [-0.4, -0.2) is 23.6 Å². The van der Waals surface area contributed by atoms with Gasteiger partial charge in [0.1, 0.15) is 0 Å². The SMILES string of the molecule is C[C@@H]1C[C@H](O)CC(OCl)O1. The van der Waals surface area contributed by atoms with Crippen molar-refractivity contribution in [1.82, 2.24) is 0 Å². The summed E-state index contributed by atoms with van der Waals surface area (Å²) in [7, 11) is 0. The molecule has 1 fully saturated rings. The molecule has 1 N–H and O–H groups in total. The maximum atomic E-state index is 9.16. The van der Waals surface area contributed by atoms with E-state index in [-0.39, 0.29) is 12.2 Å². The lowest BCUT2D eigenvalue weighted by Crippen LogP contribution is -2.34. The molecule has 60 valence electrons. The highest BCUT2D eigenvalue weighted by atomic mass is 35.5. The molecular formula is C6H11ClO3. The maximum absolute atomic E-state index is 9.16. The zero-order chi connectivity index (χ0) is 7.56. The fraction of sp³-hybridized carbons (Fsp3) is 1.00. The van der Waals surface area contributed by atoms with Gasteiger partial charge in [0.05, 0.1) is 24.1 Å². The Hall–Kier alpha value is 0.170. The summed E-state index contributed by atoms with van der Waals surface area (Å²) in [5.74, 6) is 0. The molecule has 10 heavy (non-hydrogen) atoms. The molecule has 1 saturated heterocycles. The topological polar surface area (TPSA) is 38.7 Å². The molecule has 0 aliphatic carbocycles. The first-order chi connectivity index (χ1) is 4.72. The quantitative estimate of drug-likeness (QED) is 0.633. The van der Waals surface area contributed by atoms with Gasteiger partial charge in [-0.3, -0.25) is 0 Å². The van der Waals surface area contributed by atoms with E-state index >= 15 is 0 Å². The third-order valence-corrected chi connectivity index (χ3v) is 1.75. The minimum absolute atomic E-state index is 0.0347. The molecule has 0 amide bonds. The van der Waals surface area contributed by atoms with Gasteiger partial charge in [0.15, 0.2) is 6.29 Å². The van der Waals surface area contributed by atoms with Gasteiger partial charge in [-0.25, -0.2) is 4.29 Å². The molecule has 0 aromatic heterocycles. The molecular weight excluding hydrogens is 156 g/mol. The van der Waals surface area contributed by atoms with E-state index in [1.165, 1.54) is 0 Å². The molecule has 0 radical (unpaired) electrons. The first kappa shape index (κ1) is 8.27. The summed E-state index contributed by atoms with van der Waals surface area (Å²) in [6.07, 6.45) is 0.380. The van der Waals surface area contributed by atoms with E-state index in [0.717, 1.165) is 0 Å². The fourth-order valence-electron chi connectivity index (χ4n) is 1.13. The number of aliphatic hydroxyl groups is 1. The average Bonchev–Trinajstić information content (AvgIpc) is 1.85. The molecule has 0 aromatic carbocycles. The highest BCUT2D eigenvalue weighted by Crippen LogP contribution is 2.20. The molecule has 1 aliphatic heterocycles. The van der Waals surface area contributed by atoms with E-state index < -0.39 is 6.29 Å². The van der Waals surface area contributed by atoms with Crippen molar-refractivity contribution in [1.29, 1.82) is 0 Å². The number of hydrogen-bond donors (Lipinski definition) is 1. The Bertz CT molecular complexity index is 99.2. The van der Waals surface area contributed by atoms with Gasteiger partial charge < -0.3 is 9.84 Å². The van der Waals surface area contributed by atoms with Crippen molar-refractivity contribution in [3.63, 3.8) is 0 Å². The van der Waals surface area contributed by atoms with Crippen LogP contribution in [0.3, 0.4) is 0 Å². The number of ether oxygens (including phenoxy) is 1. The second-order valence-corrected chi connectivity index (χ2v) is 2.77. The Kier molecular flexibility index (Phi) is 2.92. The monoisotopic (exact) mass is 166 g/mol. The van der Waals surface area contributed by atoms with Gasteiger partial charge in [-0.15, -0.1) is 0 Å². The Morgan fingerprint density at radius 2 is 2.30 bits per heavy atom. The standard InChI is InChI=1S/C6H11ClO3/c1-4-2-5(8)3-6(9-4)10-7/h4-6,8H,2-3H2,1H3/t4-,5+,6?/m1/s1. The lowest BCUT2D eigenvalue weighted by Gasteiger charge is -2.28. The second-order valence-electron chi connectivity index (χ2n) is 2.59. The zero-order valence-electron chi connectivity index (χ0n) is 5.79. The van der Waals surface area contributed by atoms with Crippen molar-refractivity contribution in [2.45, 2.75) is 38.3 Å². The van der Waals surface area contributed by atoms with Crippen molar-refractivity contribution in [3.8, 4) is 0 Å². The molecule has 1 rings (SSSR count). The highest BCUT2D eigenvalue weighted by molar-refractivity contribution is 6.07. The maximum Gasteiger partial charge on any atom is 0.180 e. The van der Waals surface area contributed by atoms with E-state index in [9.17, 15) is 0 Å². The first-order valence-corrected chi connectivity index (χ1v) is 3.64. The van der Waals surface area contributed by atoms with Gasteiger partial charge in [0.2, 0.25) is 0 Å². The zero-order valence-corrected chi connectivity index (χ0v) is 6.54. The minimum Gasteiger partial charge on any atom is -0.393 e.